The number of aryl methyl sites for hydroxylation is 1. The largest absolute Gasteiger partial charge is 0.418 e. The van der Waals surface area contributed by atoms with Crippen LogP contribution in [0.15, 0.2) is 34.7 Å². The van der Waals surface area contributed by atoms with Crippen LogP contribution in [0.3, 0.4) is 0 Å². The molecule has 0 atom stereocenters. The first-order valence-electron chi connectivity index (χ1n) is 8.35. The molecule has 0 radical (unpaired) electrons. The lowest BCUT2D eigenvalue weighted by molar-refractivity contribution is -0.137. The van der Waals surface area contributed by atoms with Gasteiger partial charge in [0.05, 0.1) is 16.8 Å². The highest BCUT2D eigenvalue weighted by Gasteiger charge is 2.34. The summed E-state index contributed by atoms with van der Waals surface area (Å²) in [4.78, 5) is 12.7. The summed E-state index contributed by atoms with van der Waals surface area (Å²) in [6.07, 6.45) is -4.50. The zero-order chi connectivity index (χ0) is 20.5. The van der Waals surface area contributed by atoms with Gasteiger partial charge in [0.15, 0.2) is 4.34 Å². The maximum absolute atomic E-state index is 13.4. The lowest BCUT2D eigenvalue weighted by Crippen LogP contribution is -2.14. The fourth-order valence-corrected chi connectivity index (χ4v) is 4.52. The van der Waals surface area contributed by atoms with Crippen LogP contribution >= 0.6 is 23.1 Å². The van der Waals surface area contributed by atoms with Gasteiger partial charge in [-0.3, -0.25) is 10.1 Å². The van der Waals surface area contributed by atoms with Crippen LogP contribution in [0, 0.1) is 13.8 Å². The molecule has 148 valence electrons. The second kappa shape index (κ2) is 7.96. The smallest absolute Gasteiger partial charge is 0.317 e. The number of alkyl halides is 3. The van der Waals surface area contributed by atoms with Crippen molar-refractivity contribution in [3.05, 3.63) is 52.8 Å². The van der Waals surface area contributed by atoms with E-state index in [0.717, 1.165) is 16.2 Å². The zero-order valence-corrected chi connectivity index (χ0v) is 16.9. The van der Waals surface area contributed by atoms with Gasteiger partial charge in [-0.25, -0.2) is 0 Å². The first-order chi connectivity index (χ1) is 13.2. The van der Waals surface area contributed by atoms with Crippen LogP contribution in [-0.2, 0) is 6.18 Å². The van der Waals surface area contributed by atoms with Crippen molar-refractivity contribution in [3.63, 3.8) is 0 Å². The number of aromatic nitrogens is 3. The third-order valence-electron chi connectivity index (χ3n) is 4.02. The first kappa shape index (κ1) is 20.4. The molecule has 0 bridgehead atoms. The molecule has 0 saturated heterocycles. The van der Waals surface area contributed by atoms with Crippen molar-refractivity contribution in [3.8, 4) is 5.69 Å². The molecular weight excluding hydrogens is 409 g/mol. The number of thioether (sulfide) groups is 1. The molecule has 2 heterocycles. The molecule has 1 aromatic carbocycles. The molecule has 1 amide bonds. The Morgan fingerprint density at radius 2 is 1.96 bits per heavy atom. The summed E-state index contributed by atoms with van der Waals surface area (Å²) in [6, 6.07) is 6.87. The van der Waals surface area contributed by atoms with Gasteiger partial charge in [0, 0.05) is 11.4 Å². The van der Waals surface area contributed by atoms with Gasteiger partial charge in [0.25, 0.3) is 5.91 Å². The van der Waals surface area contributed by atoms with E-state index in [1.807, 2.05) is 6.92 Å². The molecule has 0 spiro atoms. The van der Waals surface area contributed by atoms with Crippen molar-refractivity contribution in [2.45, 2.75) is 31.3 Å². The standard InChI is InChI=1S/C18H17F3N4OS2/c1-4-27-17-24-23-16(28-17)22-15(26)12-9-10(2)25(11(12)3)14-8-6-5-7-13(14)18(19,20)21/h5-9H,4H2,1-3H3,(H,22,23,26). The van der Waals surface area contributed by atoms with Gasteiger partial charge in [0.1, 0.15) is 0 Å². The van der Waals surface area contributed by atoms with Gasteiger partial charge in [-0.2, -0.15) is 13.2 Å². The number of para-hydroxylation sites is 1. The molecule has 0 fully saturated rings. The lowest BCUT2D eigenvalue weighted by atomic mass is 10.1. The Balaban J connectivity index is 1.95. The fourth-order valence-electron chi connectivity index (χ4n) is 2.88. The minimum atomic E-state index is -4.50. The Labute approximate surface area is 168 Å². The Bertz CT molecular complexity index is 1010. The van der Waals surface area contributed by atoms with E-state index in [2.05, 4.69) is 15.5 Å². The number of halogens is 3. The maximum atomic E-state index is 13.4. The highest BCUT2D eigenvalue weighted by atomic mass is 32.2. The summed E-state index contributed by atoms with van der Waals surface area (Å²) in [5.74, 6) is 0.399. The van der Waals surface area contributed by atoms with Crippen molar-refractivity contribution in [2.75, 3.05) is 11.1 Å². The predicted molar refractivity (Wildman–Crippen MR) is 105 cm³/mol. The van der Waals surface area contributed by atoms with E-state index in [9.17, 15) is 18.0 Å². The molecule has 5 nitrogen and oxygen atoms in total. The van der Waals surface area contributed by atoms with Gasteiger partial charge in [0.2, 0.25) is 5.13 Å². The van der Waals surface area contributed by atoms with Gasteiger partial charge in [-0.05, 0) is 37.8 Å². The molecule has 3 rings (SSSR count). The molecule has 28 heavy (non-hydrogen) atoms. The summed E-state index contributed by atoms with van der Waals surface area (Å²) in [5, 5.41) is 10.9. The monoisotopic (exact) mass is 426 g/mol. The van der Waals surface area contributed by atoms with Gasteiger partial charge in [-0.1, -0.05) is 42.2 Å². The minimum Gasteiger partial charge on any atom is -0.317 e. The van der Waals surface area contributed by atoms with Crippen LogP contribution in [0.5, 0.6) is 0 Å². The number of hydrogen-bond acceptors (Lipinski definition) is 5. The lowest BCUT2D eigenvalue weighted by Gasteiger charge is -2.16. The number of rotatable bonds is 5. The summed E-state index contributed by atoms with van der Waals surface area (Å²) in [6.45, 7) is 5.27. The van der Waals surface area contributed by atoms with Crippen LogP contribution < -0.4 is 5.32 Å². The van der Waals surface area contributed by atoms with Crippen LogP contribution in [0.4, 0.5) is 18.3 Å². The topological polar surface area (TPSA) is 59.8 Å². The second-order valence-electron chi connectivity index (χ2n) is 5.90. The van der Waals surface area contributed by atoms with Crippen molar-refractivity contribution in [2.24, 2.45) is 0 Å². The van der Waals surface area contributed by atoms with Crippen LogP contribution in [0.1, 0.15) is 34.2 Å². The van der Waals surface area contributed by atoms with Gasteiger partial charge < -0.3 is 4.57 Å². The number of hydrogen-bond donors (Lipinski definition) is 1. The molecule has 0 unspecified atom stereocenters. The molecule has 0 saturated carbocycles. The van der Waals surface area contributed by atoms with Crippen LogP contribution in [-0.4, -0.2) is 26.4 Å². The molecule has 10 heteroatoms. The van der Waals surface area contributed by atoms with Crippen LogP contribution in [0.25, 0.3) is 5.69 Å². The number of anilines is 1. The highest BCUT2D eigenvalue weighted by molar-refractivity contribution is 8.01. The number of carbonyl (C=O) groups is 1. The number of nitrogens with zero attached hydrogens (tertiary/aromatic N) is 3. The summed E-state index contributed by atoms with van der Waals surface area (Å²) in [5.41, 5.74) is 0.461. The molecule has 0 aliphatic rings. The van der Waals surface area contributed by atoms with E-state index in [0.29, 0.717) is 16.5 Å². The Morgan fingerprint density at radius 1 is 1.25 bits per heavy atom. The van der Waals surface area contributed by atoms with E-state index < -0.39 is 17.6 Å². The first-order valence-corrected chi connectivity index (χ1v) is 10.2. The van der Waals surface area contributed by atoms with Gasteiger partial charge >= 0.3 is 6.18 Å². The number of nitrogens with one attached hydrogen (secondary N) is 1. The quantitative estimate of drug-likeness (QED) is 0.443. The van der Waals surface area contributed by atoms with Gasteiger partial charge in [-0.15, -0.1) is 10.2 Å². The molecule has 0 aliphatic heterocycles. The summed E-state index contributed by atoms with van der Waals surface area (Å²) in [7, 11) is 0. The molecule has 0 aliphatic carbocycles. The van der Waals surface area contributed by atoms with E-state index in [-0.39, 0.29) is 11.3 Å². The average Bonchev–Trinajstić information content (AvgIpc) is 3.18. The zero-order valence-electron chi connectivity index (χ0n) is 15.3. The second-order valence-corrected chi connectivity index (χ2v) is 8.38. The Morgan fingerprint density at radius 3 is 2.64 bits per heavy atom. The minimum absolute atomic E-state index is 0.0124. The summed E-state index contributed by atoms with van der Waals surface area (Å²) >= 11 is 2.77. The number of benzene rings is 1. The molecular formula is C18H17F3N4OS2. The van der Waals surface area contributed by atoms with Crippen molar-refractivity contribution >= 4 is 34.1 Å². The Hall–Kier alpha value is -2.33. The van der Waals surface area contributed by atoms with Crippen molar-refractivity contribution in [1.82, 2.24) is 14.8 Å². The van der Waals surface area contributed by atoms with E-state index in [1.54, 1.807) is 19.9 Å². The third kappa shape index (κ3) is 4.07. The highest BCUT2D eigenvalue weighted by Crippen LogP contribution is 2.35. The van der Waals surface area contributed by atoms with E-state index in [4.69, 9.17) is 0 Å². The number of amides is 1. The molecule has 2 aromatic heterocycles. The Kier molecular flexibility index (Phi) is 5.80. The van der Waals surface area contributed by atoms with Crippen molar-refractivity contribution in [1.29, 1.82) is 0 Å². The average molecular weight is 426 g/mol. The predicted octanol–water partition coefficient (Wildman–Crippen LogP) is 5.33. The SMILES string of the molecule is CCSc1nnc(NC(=O)c2cc(C)n(-c3ccccc3C(F)(F)F)c2C)s1. The maximum Gasteiger partial charge on any atom is 0.418 e. The molecule has 1 N–H and O–H groups in total. The van der Waals surface area contributed by atoms with Crippen molar-refractivity contribution < 1.29 is 18.0 Å². The molecule has 3 aromatic rings. The van der Waals surface area contributed by atoms with E-state index in [1.165, 1.54) is 45.9 Å². The van der Waals surface area contributed by atoms with E-state index >= 15 is 0 Å². The fraction of sp³-hybridized carbons (Fsp3) is 0.278. The normalized spacial score (nSPS) is 11.6. The third-order valence-corrected chi connectivity index (χ3v) is 5.88. The number of carbonyl (C=O) groups excluding carboxylic acids is 1. The summed E-state index contributed by atoms with van der Waals surface area (Å²) < 4.78 is 42.4. The van der Waals surface area contributed by atoms with Crippen LogP contribution in [0.2, 0.25) is 0 Å².